The van der Waals surface area contributed by atoms with Crippen LogP contribution < -0.4 is 5.32 Å². The van der Waals surface area contributed by atoms with Crippen molar-refractivity contribution in [2.75, 3.05) is 26.7 Å². The largest absolute Gasteiger partial charge is 0.416 e. The standard InChI is InChI=1S/C17H20F3N3O3/c1-22-11-15(25)23(16(22)26)10-2-3-14(24)21-9-8-12-4-6-13(7-5-12)17(18,19)20/h4-7H,2-3,8-11H2,1H3,(H,21,24). The van der Waals surface area contributed by atoms with Gasteiger partial charge in [0.05, 0.1) is 5.56 Å². The highest BCUT2D eigenvalue weighted by molar-refractivity contribution is 6.01. The average Bonchev–Trinajstić information content (AvgIpc) is 2.80. The number of nitrogens with one attached hydrogen (secondary N) is 1. The first kappa shape index (κ1) is 19.7. The molecule has 0 bridgehead atoms. The molecule has 4 amide bonds. The van der Waals surface area contributed by atoms with Crippen molar-refractivity contribution in [1.82, 2.24) is 15.1 Å². The molecule has 1 aliphatic rings. The van der Waals surface area contributed by atoms with E-state index in [4.69, 9.17) is 0 Å². The highest BCUT2D eigenvalue weighted by Crippen LogP contribution is 2.29. The highest BCUT2D eigenvalue weighted by atomic mass is 19.4. The summed E-state index contributed by atoms with van der Waals surface area (Å²) in [4.78, 5) is 37.4. The predicted octanol–water partition coefficient (Wildman–Crippen LogP) is 2.04. The molecule has 1 N–H and O–H groups in total. The maximum atomic E-state index is 12.5. The summed E-state index contributed by atoms with van der Waals surface area (Å²) in [7, 11) is 1.54. The molecule has 1 aromatic carbocycles. The van der Waals surface area contributed by atoms with Gasteiger partial charge in [0, 0.05) is 26.6 Å². The molecule has 0 aliphatic carbocycles. The van der Waals surface area contributed by atoms with Crippen LogP contribution in [0, 0.1) is 0 Å². The molecule has 0 unspecified atom stereocenters. The van der Waals surface area contributed by atoms with Crippen LogP contribution in [-0.2, 0) is 22.2 Å². The van der Waals surface area contributed by atoms with Crippen LogP contribution in [-0.4, -0.2) is 54.3 Å². The zero-order valence-corrected chi connectivity index (χ0v) is 14.3. The van der Waals surface area contributed by atoms with E-state index in [2.05, 4.69) is 5.32 Å². The van der Waals surface area contributed by atoms with Crippen LogP contribution in [0.25, 0.3) is 0 Å². The third-order valence-electron chi connectivity index (χ3n) is 4.03. The molecule has 0 radical (unpaired) electrons. The lowest BCUT2D eigenvalue weighted by atomic mass is 10.1. The number of urea groups is 1. The Labute approximate surface area is 148 Å². The van der Waals surface area contributed by atoms with E-state index in [-0.39, 0.29) is 37.4 Å². The van der Waals surface area contributed by atoms with Gasteiger partial charge in [0.1, 0.15) is 6.54 Å². The van der Waals surface area contributed by atoms with Crippen LogP contribution >= 0.6 is 0 Å². The monoisotopic (exact) mass is 371 g/mol. The van der Waals surface area contributed by atoms with Crippen LogP contribution in [0.1, 0.15) is 24.0 Å². The van der Waals surface area contributed by atoms with Gasteiger partial charge < -0.3 is 10.2 Å². The van der Waals surface area contributed by atoms with E-state index in [0.29, 0.717) is 24.9 Å². The number of nitrogens with zero attached hydrogens (tertiary/aromatic N) is 2. The Kier molecular flexibility index (Phi) is 6.23. The normalized spacial score (nSPS) is 14.9. The number of amides is 4. The summed E-state index contributed by atoms with van der Waals surface area (Å²) in [6.45, 7) is 0.543. The smallest absolute Gasteiger partial charge is 0.356 e. The van der Waals surface area contributed by atoms with Gasteiger partial charge in [-0.2, -0.15) is 13.2 Å². The fourth-order valence-corrected chi connectivity index (χ4v) is 2.58. The van der Waals surface area contributed by atoms with E-state index < -0.39 is 11.7 Å². The summed E-state index contributed by atoms with van der Waals surface area (Å²) in [5, 5.41) is 2.67. The molecule has 1 aromatic rings. The fourth-order valence-electron chi connectivity index (χ4n) is 2.58. The van der Waals surface area contributed by atoms with E-state index in [1.54, 1.807) is 0 Å². The van der Waals surface area contributed by atoms with E-state index in [9.17, 15) is 27.6 Å². The van der Waals surface area contributed by atoms with Crippen molar-refractivity contribution >= 4 is 17.8 Å². The van der Waals surface area contributed by atoms with Gasteiger partial charge in [-0.05, 0) is 30.5 Å². The van der Waals surface area contributed by atoms with Crippen molar-refractivity contribution < 1.29 is 27.6 Å². The zero-order valence-electron chi connectivity index (χ0n) is 14.3. The maximum Gasteiger partial charge on any atom is 0.416 e. The topological polar surface area (TPSA) is 69.7 Å². The molecular formula is C17H20F3N3O3. The molecule has 0 atom stereocenters. The number of likely N-dealkylation sites (N-methyl/N-ethyl adjacent to an activating group) is 1. The Morgan fingerprint density at radius 2 is 1.85 bits per heavy atom. The molecule has 1 heterocycles. The number of rotatable bonds is 7. The molecule has 1 fully saturated rings. The number of alkyl halides is 3. The van der Waals surface area contributed by atoms with Gasteiger partial charge in [-0.3, -0.25) is 14.5 Å². The van der Waals surface area contributed by atoms with Crippen LogP contribution in [0.4, 0.5) is 18.0 Å². The number of hydrogen-bond donors (Lipinski definition) is 1. The van der Waals surface area contributed by atoms with Gasteiger partial charge in [0.25, 0.3) is 0 Å². The van der Waals surface area contributed by atoms with Gasteiger partial charge >= 0.3 is 12.2 Å². The second-order valence-corrected chi connectivity index (χ2v) is 6.08. The molecule has 1 aliphatic heterocycles. The minimum atomic E-state index is -4.36. The summed E-state index contributed by atoms with van der Waals surface area (Å²) in [6.07, 6.45) is -3.43. The summed E-state index contributed by atoms with van der Waals surface area (Å²) in [5.41, 5.74) is -0.0171. The third-order valence-corrected chi connectivity index (χ3v) is 4.03. The van der Waals surface area contributed by atoms with Gasteiger partial charge in [-0.15, -0.1) is 0 Å². The number of imide groups is 1. The van der Waals surface area contributed by atoms with Gasteiger partial charge in [-0.25, -0.2) is 4.79 Å². The Hall–Kier alpha value is -2.58. The van der Waals surface area contributed by atoms with E-state index in [1.165, 1.54) is 24.1 Å². The molecule has 2 rings (SSSR count). The number of carbonyl (C=O) groups is 3. The van der Waals surface area contributed by atoms with Crippen molar-refractivity contribution in [2.45, 2.75) is 25.4 Å². The summed E-state index contributed by atoms with van der Waals surface area (Å²) in [6, 6.07) is 4.43. The fraction of sp³-hybridized carbons (Fsp3) is 0.471. The minimum absolute atomic E-state index is 0.0537. The van der Waals surface area contributed by atoms with Gasteiger partial charge in [-0.1, -0.05) is 12.1 Å². The molecule has 142 valence electrons. The second kappa shape index (κ2) is 8.20. The molecule has 0 spiro atoms. The van der Waals surface area contributed by atoms with E-state index in [1.807, 2.05) is 0 Å². The predicted molar refractivity (Wildman–Crippen MR) is 87.1 cm³/mol. The van der Waals surface area contributed by atoms with Gasteiger partial charge in [0.2, 0.25) is 11.8 Å². The Morgan fingerprint density at radius 3 is 2.38 bits per heavy atom. The number of carbonyl (C=O) groups excluding carboxylic acids is 3. The molecule has 0 saturated carbocycles. The average molecular weight is 371 g/mol. The molecule has 1 saturated heterocycles. The quantitative estimate of drug-likeness (QED) is 0.746. The van der Waals surface area contributed by atoms with Crippen LogP contribution in [0.3, 0.4) is 0 Å². The summed E-state index contributed by atoms with van der Waals surface area (Å²) in [5.74, 6) is -0.510. The second-order valence-electron chi connectivity index (χ2n) is 6.08. The highest BCUT2D eigenvalue weighted by Gasteiger charge is 2.33. The molecule has 9 heteroatoms. The van der Waals surface area contributed by atoms with Crippen LogP contribution in [0.15, 0.2) is 24.3 Å². The Balaban J connectivity index is 1.66. The lowest BCUT2D eigenvalue weighted by Gasteiger charge is -2.13. The summed E-state index contributed by atoms with van der Waals surface area (Å²) >= 11 is 0. The van der Waals surface area contributed by atoms with E-state index >= 15 is 0 Å². The number of halogens is 3. The minimum Gasteiger partial charge on any atom is -0.356 e. The first-order valence-electron chi connectivity index (χ1n) is 8.17. The maximum absolute atomic E-state index is 12.5. The molecule has 0 aromatic heterocycles. The van der Waals surface area contributed by atoms with Crippen molar-refractivity contribution in [3.63, 3.8) is 0 Å². The zero-order chi connectivity index (χ0) is 19.3. The SMILES string of the molecule is CN1CC(=O)N(CCCC(=O)NCCc2ccc(C(F)(F)F)cc2)C1=O. The van der Waals surface area contributed by atoms with Crippen molar-refractivity contribution in [2.24, 2.45) is 0 Å². The lowest BCUT2D eigenvalue weighted by Crippen LogP contribution is -2.33. The van der Waals surface area contributed by atoms with E-state index in [0.717, 1.165) is 17.0 Å². The third kappa shape index (κ3) is 5.21. The van der Waals surface area contributed by atoms with Crippen LogP contribution in [0.5, 0.6) is 0 Å². The van der Waals surface area contributed by atoms with Crippen molar-refractivity contribution in [1.29, 1.82) is 0 Å². The van der Waals surface area contributed by atoms with Crippen LogP contribution in [0.2, 0.25) is 0 Å². The summed E-state index contributed by atoms with van der Waals surface area (Å²) < 4.78 is 37.4. The molecule has 6 nitrogen and oxygen atoms in total. The first-order valence-corrected chi connectivity index (χ1v) is 8.17. The molecule has 26 heavy (non-hydrogen) atoms. The lowest BCUT2D eigenvalue weighted by molar-refractivity contribution is -0.137. The molecular weight excluding hydrogens is 351 g/mol. The number of hydrogen-bond acceptors (Lipinski definition) is 3. The Morgan fingerprint density at radius 1 is 1.19 bits per heavy atom. The van der Waals surface area contributed by atoms with Gasteiger partial charge in [0.15, 0.2) is 0 Å². The first-order chi connectivity index (χ1) is 12.2. The number of benzene rings is 1. The Bertz CT molecular complexity index is 674. The van der Waals surface area contributed by atoms with Crippen molar-refractivity contribution in [3.8, 4) is 0 Å². The van der Waals surface area contributed by atoms with Crippen molar-refractivity contribution in [3.05, 3.63) is 35.4 Å².